The topological polar surface area (TPSA) is 42.4 Å². The maximum atomic E-state index is 12.9. The number of halogens is 1. The number of rotatable bonds is 2. The van der Waals surface area contributed by atoms with Crippen LogP contribution in [0, 0.1) is 11.7 Å². The highest BCUT2D eigenvalue weighted by molar-refractivity contribution is 5.69. The van der Waals surface area contributed by atoms with E-state index in [1.54, 1.807) is 11.0 Å². The number of hydrogen-bond donors (Lipinski definition) is 0. The van der Waals surface area contributed by atoms with Crippen LogP contribution in [0.25, 0.3) is 5.57 Å². The van der Waals surface area contributed by atoms with Gasteiger partial charge in [-0.2, -0.15) is 0 Å². The first-order valence-electron chi connectivity index (χ1n) is 8.96. The van der Waals surface area contributed by atoms with Crippen molar-refractivity contribution in [3.05, 3.63) is 36.4 Å². The SMILES string of the molecule is C=C(c1ccc(F)cn1)C1CCN(C(=O)OC(C)(C)C)CC1.CCC. The van der Waals surface area contributed by atoms with Crippen LogP contribution in [0.3, 0.4) is 0 Å². The molecule has 5 heteroatoms. The molecule has 0 bridgehead atoms. The number of nitrogens with zero attached hydrogens (tertiary/aromatic N) is 2. The van der Waals surface area contributed by atoms with Crippen LogP contribution in [0.15, 0.2) is 24.9 Å². The van der Waals surface area contributed by atoms with Crippen LogP contribution in [0.5, 0.6) is 0 Å². The quantitative estimate of drug-likeness (QED) is 0.727. The maximum absolute atomic E-state index is 12.9. The normalized spacial score (nSPS) is 15.2. The molecule has 1 aliphatic rings. The predicted octanol–water partition coefficient (Wildman–Crippen LogP) is 5.30. The highest BCUT2D eigenvalue weighted by Crippen LogP contribution is 2.30. The van der Waals surface area contributed by atoms with Crippen LogP contribution in [-0.4, -0.2) is 34.7 Å². The molecular weight excluding hydrogens is 319 g/mol. The Hall–Kier alpha value is -1.91. The van der Waals surface area contributed by atoms with Gasteiger partial charge in [-0.1, -0.05) is 26.8 Å². The summed E-state index contributed by atoms with van der Waals surface area (Å²) in [7, 11) is 0. The fourth-order valence-electron chi connectivity index (χ4n) is 2.51. The van der Waals surface area contributed by atoms with Gasteiger partial charge in [0.15, 0.2) is 0 Å². The summed E-state index contributed by atoms with van der Waals surface area (Å²) in [5.74, 6) is -0.0899. The third-order valence-corrected chi connectivity index (χ3v) is 3.70. The van der Waals surface area contributed by atoms with E-state index < -0.39 is 5.60 Å². The van der Waals surface area contributed by atoms with Crippen molar-refractivity contribution in [2.75, 3.05) is 13.1 Å². The zero-order chi connectivity index (χ0) is 19.0. The standard InChI is InChI=1S/C17H23FN2O2.C3H8/c1-12(15-6-5-14(18)11-19-15)13-7-9-20(10-8-13)16(21)22-17(2,3)4;1-3-2/h5-6,11,13H,1,7-10H2,2-4H3;3H2,1-2H3. The van der Waals surface area contributed by atoms with Gasteiger partial charge < -0.3 is 9.64 Å². The second-order valence-corrected chi connectivity index (χ2v) is 7.34. The number of pyridine rings is 1. The van der Waals surface area contributed by atoms with E-state index in [2.05, 4.69) is 25.4 Å². The largest absolute Gasteiger partial charge is 0.444 e. The number of allylic oxidation sites excluding steroid dienone is 1. The summed E-state index contributed by atoms with van der Waals surface area (Å²) in [4.78, 5) is 17.8. The average molecular weight is 350 g/mol. The molecule has 0 atom stereocenters. The molecule has 0 unspecified atom stereocenters. The molecule has 1 aliphatic heterocycles. The third-order valence-electron chi connectivity index (χ3n) is 3.70. The van der Waals surface area contributed by atoms with Crippen LogP contribution >= 0.6 is 0 Å². The predicted molar refractivity (Wildman–Crippen MR) is 99.7 cm³/mol. The van der Waals surface area contributed by atoms with E-state index in [9.17, 15) is 9.18 Å². The van der Waals surface area contributed by atoms with Gasteiger partial charge in [-0.05, 0) is 57.2 Å². The molecule has 2 heterocycles. The van der Waals surface area contributed by atoms with Crippen molar-refractivity contribution in [3.8, 4) is 0 Å². The lowest BCUT2D eigenvalue weighted by atomic mass is 9.88. The lowest BCUT2D eigenvalue weighted by Gasteiger charge is -2.34. The van der Waals surface area contributed by atoms with Crippen LogP contribution in [0.4, 0.5) is 9.18 Å². The van der Waals surface area contributed by atoms with E-state index in [1.807, 2.05) is 20.8 Å². The Labute approximate surface area is 151 Å². The average Bonchev–Trinajstić information content (AvgIpc) is 2.54. The summed E-state index contributed by atoms with van der Waals surface area (Å²) in [6.45, 7) is 15.2. The van der Waals surface area contributed by atoms with Gasteiger partial charge >= 0.3 is 6.09 Å². The van der Waals surface area contributed by atoms with Gasteiger partial charge in [-0.3, -0.25) is 4.98 Å². The van der Waals surface area contributed by atoms with Crippen LogP contribution in [0.2, 0.25) is 0 Å². The van der Waals surface area contributed by atoms with Crippen molar-refractivity contribution in [1.29, 1.82) is 0 Å². The fraction of sp³-hybridized carbons (Fsp3) is 0.600. The fourth-order valence-corrected chi connectivity index (χ4v) is 2.51. The molecule has 0 aliphatic carbocycles. The Morgan fingerprint density at radius 2 is 1.88 bits per heavy atom. The van der Waals surface area contributed by atoms with Crippen molar-refractivity contribution in [1.82, 2.24) is 9.88 Å². The molecule has 1 aromatic rings. The summed E-state index contributed by atoms with van der Waals surface area (Å²) < 4.78 is 18.3. The molecule has 0 spiro atoms. The zero-order valence-electron chi connectivity index (χ0n) is 16.1. The molecule has 0 N–H and O–H groups in total. The second kappa shape index (κ2) is 9.54. The molecule has 4 nitrogen and oxygen atoms in total. The van der Waals surface area contributed by atoms with Gasteiger partial charge in [0.05, 0.1) is 11.9 Å². The van der Waals surface area contributed by atoms with Crippen LogP contribution < -0.4 is 0 Å². The Bertz CT molecular complexity index is 556. The Balaban J connectivity index is 0.000000970. The highest BCUT2D eigenvalue weighted by Gasteiger charge is 2.28. The molecule has 1 fully saturated rings. The first-order chi connectivity index (χ1) is 11.7. The minimum atomic E-state index is -0.477. The smallest absolute Gasteiger partial charge is 0.410 e. The number of hydrogen-bond acceptors (Lipinski definition) is 3. The molecule has 0 saturated carbocycles. The number of piperidine rings is 1. The third kappa shape index (κ3) is 7.24. The molecule has 0 radical (unpaired) electrons. The summed E-state index contributed by atoms with van der Waals surface area (Å²) in [6.07, 6.45) is 3.82. The Kier molecular flexibility index (Phi) is 8.07. The first-order valence-corrected chi connectivity index (χ1v) is 8.96. The Morgan fingerprint density at radius 3 is 2.32 bits per heavy atom. The van der Waals surface area contributed by atoms with Crippen molar-refractivity contribution in [2.45, 2.75) is 59.5 Å². The van der Waals surface area contributed by atoms with Gasteiger partial charge in [0, 0.05) is 13.1 Å². The van der Waals surface area contributed by atoms with E-state index in [0.29, 0.717) is 13.1 Å². The molecule has 0 aromatic carbocycles. The number of aromatic nitrogens is 1. The number of amides is 1. The summed E-state index contributed by atoms with van der Waals surface area (Å²) in [5.41, 5.74) is 1.15. The Morgan fingerprint density at radius 1 is 1.32 bits per heavy atom. The molecular formula is C20H31FN2O2. The van der Waals surface area contributed by atoms with E-state index in [0.717, 1.165) is 24.1 Å². The van der Waals surface area contributed by atoms with E-state index in [4.69, 9.17) is 4.74 Å². The monoisotopic (exact) mass is 350 g/mol. The first kappa shape index (κ1) is 21.1. The number of carbonyl (C=O) groups excluding carboxylic acids is 1. The van der Waals surface area contributed by atoms with E-state index in [1.165, 1.54) is 18.7 Å². The molecule has 1 amide bonds. The lowest BCUT2D eigenvalue weighted by Crippen LogP contribution is -2.41. The molecule has 2 rings (SSSR count). The molecule has 1 saturated heterocycles. The van der Waals surface area contributed by atoms with Crippen molar-refractivity contribution < 1.29 is 13.9 Å². The highest BCUT2D eigenvalue weighted by atomic mass is 19.1. The minimum Gasteiger partial charge on any atom is -0.444 e. The maximum Gasteiger partial charge on any atom is 0.410 e. The number of carbonyl (C=O) groups is 1. The van der Waals surface area contributed by atoms with Gasteiger partial charge in [-0.15, -0.1) is 0 Å². The second-order valence-electron chi connectivity index (χ2n) is 7.34. The van der Waals surface area contributed by atoms with Gasteiger partial charge in [0.2, 0.25) is 0 Å². The summed E-state index contributed by atoms with van der Waals surface area (Å²) in [5, 5.41) is 0. The lowest BCUT2D eigenvalue weighted by molar-refractivity contribution is 0.0199. The molecule has 140 valence electrons. The van der Waals surface area contributed by atoms with Gasteiger partial charge in [-0.25, -0.2) is 9.18 Å². The minimum absolute atomic E-state index is 0.261. The molecule has 25 heavy (non-hydrogen) atoms. The van der Waals surface area contributed by atoms with Crippen molar-refractivity contribution in [2.24, 2.45) is 5.92 Å². The zero-order valence-corrected chi connectivity index (χ0v) is 16.1. The van der Waals surface area contributed by atoms with Gasteiger partial charge in [0.25, 0.3) is 0 Å². The van der Waals surface area contributed by atoms with Crippen LogP contribution in [-0.2, 0) is 4.74 Å². The summed E-state index contributed by atoms with van der Waals surface area (Å²) >= 11 is 0. The number of ether oxygens (including phenoxy) is 1. The number of likely N-dealkylation sites (tertiary alicyclic amines) is 1. The van der Waals surface area contributed by atoms with Crippen molar-refractivity contribution in [3.63, 3.8) is 0 Å². The van der Waals surface area contributed by atoms with Crippen molar-refractivity contribution >= 4 is 11.7 Å². The van der Waals surface area contributed by atoms with E-state index in [-0.39, 0.29) is 17.8 Å². The van der Waals surface area contributed by atoms with E-state index >= 15 is 0 Å². The van der Waals surface area contributed by atoms with Gasteiger partial charge in [0.1, 0.15) is 11.4 Å². The summed E-state index contributed by atoms with van der Waals surface area (Å²) in [6, 6.07) is 3.04. The molecule has 1 aromatic heterocycles. The van der Waals surface area contributed by atoms with Crippen LogP contribution in [0.1, 0.15) is 59.6 Å².